The maximum absolute atomic E-state index is 11.5. The van der Waals surface area contributed by atoms with Gasteiger partial charge in [0.2, 0.25) is 0 Å². The van der Waals surface area contributed by atoms with Crippen LogP contribution in [0.4, 0.5) is 0 Å². The van der Waals surface area contributed by atoms with Crippen molar-refractivity contribution < 1.29 is 15.0 Å². The van der Waals surface area contributed by atoms with Crippen molar-refractivity contribution in [2.24, 2.45) is 23.7 Å². The molecule has 2 fully saturated rings. The first kappa shape index (κ1) is 14.6. The summed E-state index contributed by atoms with van der Waals surface area (Å²) in [6, 6.07) is 0. The molecule has 2 aliphatic rings. The molecule has 2 saturated carbocycles. The summed E-state index contributed by atoms with van der Waals surface area (Å²) in [7, 11) is 0. The molecule has 19 heavy (non-hydrogen) atoms. The molecule has 3 nitrogen and oxygen atoms in total. The number of fused-ring (bicyclic) bond motifs is 2. The second kappa shape index (κ2) is 6.56. The minimum Gasteiger partial charge on any atom is -0.481 e. The van der Waals surface area contributed by atoms with Crippen LogP contribution in [0.5, 0.6) is 0 Å². The lowest BCUT2D eigenvalue weighted by molar-refractivity contribution is -0.144. The summed E-state index contributed by atoms with van der Waals surface area (Å²) in [5, 5.41) is 18.6. The van der Waals surface area contributed by atoms with E-state index in [9.17, 15) is 9.90 Å². The first-order valence-electron chi connectivity index (χ1n) is 7.63. The zero-order valence-electron chi connectivity index (χ0n) is 11.8. The van der Waals surface area contributed by atoms with Crippen LogP contribution in [-0.2, 0) is 4.79 Å². The Balaban J connectivity index is 1.80. The first-order chi connectivity index (χ1) is 9.08. The Morgan fingerprint density at radius 3 is 2.63 bits per heavy atom. The van der Waals surface area contributed by atoms with E-state index in [-0.39, 0.29) is 12.0 Å². The zero-order chi connectivity index (χ0) is 13.8. The second-order valence-electron chi connectivity index (χ2n) is 6.42. The zero-order valence-corrected chi connectivity index (χ0v) is 11.8. The van der Waals surface area contributed by atoms with Crippen molar-refractivity contribution in [2.45, 2.75) is 58.0 Å². The molecule has 2 N–H and O–H groups in total. The van der Waals surface area contributed by atoms with Gasteiger partial charge in [-0.2, -0.15) is 0 Å². The van der Waals surface area contributed by atoms with Gasteiger partial charge in [-0.15, -0.1) is 0 Å². The Morgan fingerprint density at radius 2 is 2.11 bits per heavy atom. The summed E-state index contributed by atoms with van der Waals surface area (Å²) < 4.78 is 0. The van der Waals surface area contributed by atoms with Crippen molar-refractivity contribution in [3.63, 3.8) is 0 Å². The number of aliphatic hydroxyl groups is 1. The molecule has 0 aromatic heterocycles. The van der Waals surface area contributed by atoms with Gasteiger partial charge in [-0.1, -0.05) is 18.6 Å². The topological polar surface area (TPSA) is 57.5 Å². The van der Waals surface area contributed by atoms with Gasteiger partial charge in [0, 0.05) is 0 Å². The highest BCUT2D eigenvalue weighted by Gasteiger charge is 2.44. The summed E-state index contributed by atoms with van der Waals surface area (Å²) in [5.41, 5.74) is 0. The van der Waals surface area contributed by atoms with Crippen molar-refractivity contribution in [3.05, 3.63) is 12.2 Å². The van der Waals surface area contributed by atoms with Gasteiger partial charge in [-0.25, -0.2) is 0 Å². The van der Waals surface area contributed by atoms with E-state index < -0.39 is 5.97 Å². The molecule has 0 aromatic rings. The number of carboxylic acids is 1. The van der Waals surface area contributed by atoms with Crippen molar-refractivity contribution in [2.75, 3.05) is 0 Å². The van der Waals surface area contributed by atoms with Crippen molar-refractivity contribution >= 4 is 5.97 Å². The molecule has 3 heteroatoms. The van der Waals surface area contributed by atoms with E-state index in [2.05, 4.69) is 0 Å². The number of aliphatic hydroxyl groups excluding tert-OH is 1. The van der Waals surface area contributed by atoms with Crippen LogP contribution < -0.4 is 0 Å². The second-order valence-corrected chi connectivity index (χ2v) is 6.42. The fourth-order valence-corrected chi connectivity index (χ4v) is 3.99. The number of allylic oxidation sites excluding steroid dienone is 1. The monoisotopic (exact) mass is 266 g/mol. The van der Waals surface area contributed by atoms with E-state index in [1.807, 2.05) is 12.2 Å². The average molecular weight is 266 g/mol. The van der Waals surface area contributed by atoms with Gasteiger partial charge in [0.15, 0.2) is 0 Å². The summed E-state index contributed by atoms with van der Waals surface area (Å²) in [6.07, 6.45) is 10.9. The Bertz CT molecular complexity index is 335. The molecule has 2 rings (SSSR count). The van der Waals surface area contributed by atoms with Crippen LogP contribution in [0.3, 0.4) is 0 Å². The Hall–Kier alpha value is -0.830. The molecule has 5 atom stereocenters. The van der Waals surface area contributed by atoms with E-state index >= 15 is 0 Å². The van der Waals surface area contributed by atoms with E-state index in [0.29, 0.717) is 18.3 Å². The third-order valence-corrected chi connectivity index (χ3v) is 4.92. The lowest BCUT2D eigenvalue weighted by Gasteiger charge is -2.27. The van der Waals surface area contributed by atoms with E-state index in [1.165, 1.54) is 19.3 Å². The summed E-state index contributed by atoms with van der Waals surface area (Å²) in [4.78, 5) is 11.5. The van der Waals surface area contributed by atoms with Gasteiger partial charge in [-0.05, 0) is 63.2 Å². The predicted molar refractivity (Wildman–Crippen MR) is 74.7 cm³/mol. The van der Waals surface area contributed by atoms with Crippen LogP contribution >= 0.6 is 0 Å². The molecular formula is C16H26O3. The number of carboxylic acid groups (broad SMARTS) is 1. The summed E-state index contributed by atoms with van der Waals surface area (Å²) in [5.74, 6) is 1.13. The van der Waals surface area contributed by atoms with Crippen LogP contribution in [0.15, 0.2) is 12.2 Å². The van der Waals surface area contributed by atoms with Gasteiger partial charge in [-0.3, -0.25) is 4.79 Å². The highest BCUT2D eigenvalue weighted by molar-refractivity contribution is 5.70. The molecule has 0 saturated heterocycles. The van der Waals surface area contributed by atoms with Gasteiger partial charge < -0.3 is 10.2 Å². The van der Waals surface area contributed by atoms with Crippen LogP contribution in [0, 0.1) is 23.7 Å². The van der Waals surface area contributed by atoms with E-state index in [4.69, 9.17) is 5.11 Å². The smallest absolute Gasteiger partial charge is 0.306 e. The van der Waals surface area contributed by atoms with Crippen LogP contribution in [0.25, 0.3) is 0 Å². The molecule has 0 radical (unpaired) electrons. The van der Waals surface area contributed by atoms with Crippen LogP contribution in [0.1, 0.15) is 51.9 Å². The third kappa shape index (κ3) is 3.82. The molecule has 108 valence electrons. The van der Waals surface area contributed by atoms with Gasteiger partial charge in [0.25, 0.3) is 0 Å². The molecule has 2 aliphatic carbocycles. The van der Waals surface area contributed by atoms with Crippen LogP contribution in [0.2, 0.25) is 0 Å². The predicted octanol–water partition coefficient (Wildman–Crippen LogP) is 3.23. The fraction of sp³-hybridized carbons (Fsp3) is 0.812. The normalized spacial score (nSPS) is 32.8. The first-order valence-corrected chi connectivity index (χ1v) is 7.63. The lowest BCUT2D eigenvalue weighted by Crippen LogP contribution is -2.27. The maximum atomic E-state index is 11.5. The largest absolute Gasteiger partial charge is 0.481 e. The van der Waals surface area contributed by atoms with Gasteiger partial charge in [0.05, 0.1) is 12.0 Å². The van der Waals surface area contributed by atoms with Crippen LogP contribution in [-0.4, -0.2) is 22.3 Å². The highest BCUT2D eigenvalue weighted by Crippen LogP contribution is 2.51. The summed E-state index contributed by atoms with van der Waals surface area (Å²) in [6.45, 7) is 1.76. The van der Waals surface area contributed by atoms with E-state index in [0.717, 1.165) is 25.2 Å². The number of hydrogen-bond acceptors (Lipinski definition) is 2. The molecule has 0 spiro atoms. The third-order valence-electron chi connectivity index (χ3n) is 4.92. The molecule has 0 aliphatic heterocycles. The minimum absolute atomic E-state index is 0.161. The Morgan fingerprint density at radius 1 is 1.32 bits per heavy atom. The SMILES string of the molecule is C[C@H](O)C/C=C\CCC(C(=O)O)[C@@H]1C[C@H]2CC[C@@H]1C2. The van der Waals surface area contributed by atoms with Crippen molar-refractivity contribution in [1.29, 1.82) is 0 Å². The fourth-order valence-electron chi connectivity index (χ4n) is 3.99. The molecule has 0 heterocycles. The molecule has 0 amide bonds. The Kier molecular flexibility index (Phi) is 5.03. The molecule has 2 bridgehead atoms. The maximum Gasteiger partial charge on any atom is 0.306 e. The standard InChI is InChI=1S/C16H26O3/c1-11(17)5-3-2-4-6-14(16(18)19)15-10-12-7-8-13(15)9-12/h2-3,11-15,17H,4-10H2,1H3,(H,18,19)/b3-2-/t11-,12-,13+,14?,15+/m0/s1. The van der Waals surface area contributed by atoms with Gasteiger partial charge >= 0.3 is 5.97 Å². The molecule has 1 unspecified atom stereocenters. The summed E-state index contributed by atoms with van der Waals surface area (Å²) >= 11 is 0. The lowest BCUT2D eigenvalue weighted by atomic mass is 9.77. The Labute approximate surface area is 115 Å². The number of carbonyl (C=O) groups is 1. The number of rotatable bonds is 7. The number of aliphatic carboxylic acids is 1. The van der Waals surface area contributed by atoms with Crippen molar-refractivity contribution in [1.82, 2.24) is 0 Å². The highest BCUT2D eigenvalue weighted by atomic mass is 16.4. The van der Waals surface area contributed by atoms with E-state index in [1.54, 1.807) is 6.92 Å². The quantitative estimate of drug-likeness (QED) is 0.696. The molecule has 0 aromatic carbocycles. The molecular weight excluding hydrogens is 240 g/mol. The van der Waals surface area contributed by atoms with Crippen molar-refractivity contribution in [3.8, 4) is 0 Å². The minimum atomic E-state index is -0.610. The average Bonchev–Trinajstić information content (AvgIpc) is 2.94. The van der Waals surface area contributed by atoms with Gasteiger partial charge in [0.1, 0.15) is 0 Å². The number of hydrogen-bond donors (Lipinski definition) is 2.